The molecule has 0 spiro atoms. The standard InChI is InChI=1S/C14H10N4O2S/c19-18(20)12-8-4-5-10(9-12)13-16-17-14(21-13)15-11-6-2-1-3-7-11/h1-9H,(H,15,17). The average Bonchev–Trinajstić information content (AvgIpc) is 2.97. The van der Waals surface area contributed by atoms with E-state index in [1.54, 1.807) is 12.1 Å². The number of benzene rings is 2. The molecule has 3 aromatic rings. The van der Waals surface area contributed by atoms with Crippen molar-refractivity contribution in [3.05, 3.63) is 64.7 Å². The summed E-state index contributed by atoms with van der Waals surface area (Å²) in [5, 5.41) is 23.3. The fraction of sp³-hybridized carbons (Fsp3) is 0. The summed E-state index contributed by atoms with van der Waals surface area (Å²) >= 11 is 1.35. The van der Waals surface area contributed by atoms with Gasteiger partial charge in [-0.2, -0.15) is 0 Å². The van der Waals surface area contributed by atoms with Crippen molar-refractivity contribution >= 4 is 27.8 Å². The van der Waals surface area contributed by atoms with Crippen LogP contribution in [0.25, 0.3) is 10.6 Å². The van der Waals surface area contributed by atoms with Gasteiger partial charge in [0.1, 0.15) is 5.01 Å². The lowest BCUT2D eigenvalue weighted by atomic mass is 10.2. The number of nitro benzene ring substituents is 1. The smallest absolute Gasteiger partial charge is 0.270 e. The Morgan fingerprint density at radius 1 is 1.05 bits per heavy atom. The Morgan fingerprint density at radius 3 is 2.62 bits per heavy atom. The van der Waals surface area contributed by atoms with E-state index >= 15 is 0 Å². The minimum atomic E-state index is -0.423. The maximum Gasteiger partial charge on any atom is 0.270 e. The van der Waals surface area contributed by atoms with E-state index in [-0.39, 0.29) is 5.69 Å². The van der Waals surface area contributed by atoms with Gasteiger partial charge in [0.15, 0.2) is 0 Å². The first-order chi connectivity index (χ1) is 10.2. The number of nitrogens with zero attached hydrogens (tertiary/aromatic N) is 3. The lowest BCUT2D eigenvalue weighted by Gasteiger charge is -1.99. The summed E-state index contributed by atoms with van der Waals surface area (Å²) in [6.45, 7) is 0. The van der Waals surface area contributed by atoms with Crippen molar-refractivity contribution in [2.75, 3.05) is 5.32 Å². The highest BCUT2D eigenvalue weighted by atomic mass is 32.1. The summed E-state index contributed by atoms with van der Waals surface area (Å²) in [6.07, 6.45) is 0. The van der Waals surface area contributed by atoms with E-state index in [2.05, 4.69) is 15.5 Å². The monoisotopic (exact) mass is 298 g/mol. The summed E-state index contributed by atoms with van der Waals surface area (Å²) in [6, 6.07) is 16.0. The Hall–Kier alpha value is -2.80. The van der Waals surface area contributed by atoms with Gasteiger partial charge in [0.05, 0.1) is 4.92 Å². The van der Waals surface area contributed by atoms with Crippen molar-refractivity contribution in [2.45, 2.75) is 0 Å². The van der Waals surface area contributed by atoms with Crippen LogP contribution in [0, 0.1) is 10.1 Å². The van der Waals surface area contributed by atoms with Gasteiger partial charge in [-0.05, 0) is 12.1 Å². The van der Waals surface area contributed by atoms with Crippen LogP contribution < -0.4 is 5.32 Å². The molecule has 0 saturated carbocycles. The van der Waals surface area contributed by atoms with Gasteiger partial charge < -0.3 is 5.32 Å². The van der Waals surface area contributed by atoms with E-state index in [1.807, 2.05) is 30.3 Å². The molecule has 0 saturated heterocycles. The number of para-hydroxylation sites is 1. The fourth-order valence-corrected chi connectivity index (χ4v) is 2.55. The van der Waals surface area contributed by atoms with Gasteiger partial charge in [-0.3, -0.25) is 10.1 Å². The highest BCUT2D eigenvalue weighted by Crippen LogP contribution is 2.30. The van der Waals surface area contributed by atoms with Crippen molar-refractivity contribution in [3.63, 3.8) is 0 Å². The summed E-state index contributed by atoms with van der Waals surface area (Å²) in [5.41, 5.74) is 1.64. The maximum absolute atomic E-state index is 10.8. The minimum Gasteiger partial charge on any atom is -0.330 e. The number of non-ortho nitro benzene ring substituents is 1. The van der Waals surface area contributed by atoms with Gasteiger partial charge in [-0.1, -0.05) is 41.7 Å². The molecule has 104 valence electrons. The van der Waals surface area contributed by atoms with Crippen molar-refractivity contribution in [3.8, 4) is 10.6 Å². The van der Waals surface area contributed by atoms with Crippen LogP contribution in [-0.2, 0) is 0 Å². The summed E-state index contributed by atoms with van der Waals surface area (Å²) < 4.78 is 0. The first-order valence-electron chi connectivity index (χ1n) is 6.13. The zero-order valence-electron chi connectivity index (χ0n) is 10.8. The van der Waals surface area contributed by atoms with Crippen LogP contribution in [0.4, 0.5) is 16.5 Å². The van der Waals surface area contributed by atoms with E-state index in [4.69, 9.17) is 0 Å². The predicted molar refractivity (Wildman–Crippen MR) is 81.7 cm³/mol. The Morgan fingerprint density at radius 2 is 1.86 bits per heavy atom. The van der Waals surface area contributed by atoms with E-state index < -0.39 is 4.92 Å². The second kappa shape index (κ2) is 5.68. The van der Waals surface area contributed by atoms with E-state index in [0.29, 0.717) is 15.7 Å². The molecule has 6 nitrogen and oxygen atoms in total. The van der Waals surface area contributed by atoms with Crippen molar-refractivity contribution in [1.29, 1.82) is 0 Å². The molecule has 0 bridgehead atoms. The molecular formula is C14H10N4O2S. The second-order valence-corrected chi connectivity index (χ2v) is 5.19. The summed E-state index contributed by atoms with van der Waals surface area (Å²) in [5.74, 6) is 0. The zero-order chi connectivity index (χ0) is 14.7. The topological polar surface area (TPSA) is 81.0 Å². The zero-order valence-corrected chi connectivity index (χ0v) is 11.6. The number of nitrogens with one attached hydrogen (secondary N) is 1. The van der Waals surface area contributed by atoms with E-state index in [1.165, 1.54) is 23.5 Å². The van der Waals surface area contributed by atoms with Crippen LogP contribution in [0.1, 0.15) is 0 Å². The Balaban J connectivity index is 1.85. The molecule has 0 radical (unpaired) electrons. The number of rotatable bonds is 4. The Labute approximate surface area is 124 Å². The van der Waals surface area contributed by atoms with Crippen LogP contribution in [0.5, 0.6) is 0 Å². The molecule has 0 amide bonds. The van der Waals surface area contributed by atoms with Crippen LogP contribution in [0.2, 0.25) is 0 Å². The van der Waals surface area contributed by atoms with Gasteiger partial charge in [-0.15, -0.1) is 10.2 Å². The SMILES string of the molecule is O=[N+]([O-])c1cccc(-c2nnc(Nc3ccccc3)s2)c1. The first-order valence-corrected chi connectivity index (χ1v) is 6.94. The highest BCUT2D eigenvalue weighted by Gasteiger charge is 2.11. The summed E-state index contributed by atoms with van der Waals surface area (Å²) in [4.78, 5) is 10.4. The van der Waals surface area contributed by atoms with Crippen LogP contribution >= 0.6 is 11.3 Å². The molecule has 1 aromatic heterocycles. The molecule has 0 unspecified atom stereocenters. The maximum atomic E-state index is 10.8. The molecule has 1 N–H and O–H groups in total. The molecule has 2 aromatic carbocycles. The Bertz CT molecular complexity index is 773. The molecule has 0 fully saturated rings. The largest absolute Gasteiger partial charge is 0.330 e. The van der Waals surface area contributed by atoms with Crippen LogP contribution in [-0.4, -0.2) is 15.1 Å². The van der Waals surface area contributed by atoms with Crippen LogP contribution in [0.15, 0.2) is 54.6 Å². The van der Waals surface area contributed by atoms with E-state index in [0.717, 1.165) is 5.69 Å². The molecule has 0 aliphatic rings. The van der Waals surface area contributed by atoms with Gasteiger partial charge in [0, 0.05) is 23.4 Å². The number of hydrogen-bond acceptors (Lipinski definition) is 6. The molecule has 7 heteroatoms. The fourth-order valence-electron chi connectivity index (χ4n) is 1.79. The molecule has 0 aliphatic heterocycles. The molecular weight excluding hydrogens is 288 g/mol. The second-order valence-electron chi connectivity index (χ2n) is 4.21. The van der Waals surface area contributed by atoms with Crippen molar-refractivity contribution in [1.82, 2.24) is 10.2 Å². The average molecular weight is 298 g/mol. The van der Waals surface area contributed by atoms with Crippen LogP contribution in [0.3, 0.4) is 0 Å². The molecule has 0 atom stereocenters. The van der Waals surface area contributed by atoms with Crippen molar-refractivity contribution in [2.24, 2.45) is 0 Å². The summed E-state index contributed by atoms with van der Waals surface area (Å²) in [7, 11) is 0. The first kappa shape index (κ1) is 13.2. The lowest BCUT2D eigenvalue weighted by molar-refractivity contribution is -0.384. The van der Waals surface area contributed by atoms with Gasteiger partial charge in [-0.25, -0.2) is 0 Å². The third-order valence-electron chi connectivity index (χ3n) is 2.75. The number of hydrogen-bond donors (Lipinski definition) is 1. The molecule has 0 aliphatic carbocycles. The molecule has 1 heterocycles. The van der Waals surface area contributed by atoms with Gasteiger partial charge in [0.2, 0.25) is 5.13 Å². The third kappa shape index (κ3) is 3.03. The third-order valence-corrected chi connectivity index (χ3v) is 3.64. The number of nitro groups is 1. The van der Waals surface area contributed by atoms with Crippen molar-refractivity contribution < 1.29 is 4.92 Å². The number of aromatic nitrogens is 2. The molecule has 3 rings (SSSR count). The minimum absolute atomic E-state index is 0.0419. The highest BCUT2D eigenvalue weighted by molar-refractivity contribution is 7.18. The van der Waals surface area contributed by atoms with Gasteiger partial charge in [0.25, 0.3) is 5.69 Å². The number of anilines is 2. The lowest BCUT2D eigenvalue weighted by Crippen LogP contribution is -1.88. The predicted octanol–water partition coefficient (Wildman–Crippen LogP) is 3.86. The van der Waals surface area contributed by atoms with Gasteiger partial charge >= 0.3 is 0 Å². The quantitative estimate of drug-likeness (QED) is 0.584. The molecule has 21 heavy (non-hydrogen) atoms. The Kier molecular flexibility index (Phi) is 3.57. The normalized spacial score (nSPS) is 10.3. The van der Waals surface area contributed by atoms with E-state index in [9.17, 15) is 10.1 Å².